The first-order valence-corrected chi connectivity index (χ1v) is 10.8. The zero-order valence-corrected chi connectivity index (χ0v) is 17.0. The van der Waals surface area contributed by atoms with Crippen LogP contribution >= 0.6 is 0 Å². The van der Waals surface area contributed by atoms with E-state index in [1.54, 1.807) is 6.92 Å². The second-order valence-electron chi connectivity index (χ2n) is 7.06. The zero-order valence-electron chi connectivity index (χ0n) is 16.2. The fourth-order valence-electron chi connectivity index (χ4n) is 3.65. The second kappa shape index (κ2) is 7.46. The minimum absolute atomic E-state index is 0.0102. The lowest BCUT2D eigenvalue weighted by atomic mass is 10.1. The van der Waals surface area contributed by atoms with Gasteiger partial charge in [0.15, 0.2) is 5.76 Å². The number of anilines is 1. The van der Waals surface area contributed by atoms with Crippen molar-refractivity contribution >= 4 is 21.6 Å². The van der Waals surface area contributed by atoms with Gasteiger partial charge in [0.05, 0.1) is 0 Å². The molecule has 2 aromatic carbocycles. The molecule has 0 aliphatic heterocycles. The summed E-state index contributed by atoms with van der Waals surface area (Å²) in [5.74, 6) is -0.0458. The predicted octanol–water partition coefficient (Wildman–Crippen LogP) is 3.17. The van der Waals surface area contributed by atoms with E-state index >= 15 is 0 Å². The van der Waals surface area contributed by atoms with E-state index < -0.39 is 10.0 Å². The van der Waals surface area contributed by atoms with Crippen LogP contribution in [-0.2, 0) is 21.2 Å². The summed E-state index contributed by atoms with van der Waals surface area (Å²) in [6.07, 6.45) is 0.902. The summed E-state index contributed by atoms with van der Waals surface area (Å²) in [4.78, 5) is 12.3. The normalized spacial score (nSPS) is 12.5. The molecule has 8 heteroatoms. The number of fused-ring (bicyclic) bond motifs is 3. The second-order valence-corrected chi connectivity index (χ2v) is 8.76. The largest absolute Gasteiger partial charge is 0.360 e. The zero-order chi connectivity index (χ0) is 20.6. The molecule has 0 saturated heterocycles. The topological polar surface area (TPSA) is 101 Å². The molecule has 0 radical (unpaired) electrons. The molecule has 0 bridgehead atoms. The van der Waals surface area contributed by atoms with Crippen LogP contribution in [0, 0.1) is 13.8 Å². The maximum Gasteiger partial charge on any atom is 0.245 e. The van der Waals surface area contributed by atoms with Gasteiger partial charge in [-0.3, -0.25) is 4.79 Å². The van der Waals surface area contributed by atoms with Gasteiger partial charge in [0.2, 0.25) is 15.9 Å². The van der Waals surface area contributed by atoms with Crippen molar-refractivity contribution < 1.29 is 17.7 Å². The molecule has 7 nitrogen and oxygen atoms in total. The third-order valence-corrected chi connectivity index (χ3v) is 6.67. The van der Waals surface area contributed by atoms with E-state index in [1.807, 2.05) is 30.3 Å². The molecule has 0 atom stereocenters. The Kier molecular flexibility index (Phi) is 4.97. The highest BCUT2D eigenvalue weighted by Gasteiger charge is 2.24. The summed E-state index contributed by atoms with van der Waals surface area (Å²) >= 11 is 0. The third kappa shape index (κ3) is 3.81. The first-order valence-electron chi connectivity index (χ1n) is 9.29. The van der Waals surface area contributed by atoms with Crippen LogP contribution in [0.5, 0.6) is 0 Å². The van der Waals surface area contributed by atoms with E-state index in [-0.39, 0.29) is 35.2 Å². The summed E-state index contributed by atoms with van der Waals surface area (Å²) in [5, 5.41) is 6.49. The molecule has 0 unspecified atom stereocenters. The van der Waals surface area contributed by atoms with Crippen molar-refractivity contribution in [2.75, 3.05) is 11.9 Å². The summed E-state index contributed by atoms with van der Waals surface area (Å²) in [7, 11) is -3.77. The number of amides is 1. The van der Waals surface area contributed by atoms with Gasteiger partial charge in [-0.1, -0.05) is 35.5 Å². The fourth-order valence-corrected chi connectivity index (χ4v) is 5.01. The van der Waals surface area contributed by atoms with Gasteiger partial charge in [-0.15, -0.1) is 0 Å². The Hall–Kier alpha value is -2.97. The number of benzene rings is 2. The summed E-state index contributed by atoms with van der Waals surface area (Å²) in [6.45, 7) is 3.07. The average Bonchev–Trinajstić information content (AvgIpc) is 3.21. The van der Waals surface area contributed by atoms with Gasteiger partial charge in [-0.2, -0.15) is 0 Å². The minimum Gasteiger partial charge on any atom is -0.360 e. The Balaban J connectivity index is 1.38. The first kappa shape index (κ1) is 19.4. The number of rotatable bonds is 6. The quantitative estimate of drug-likeness (QED) is 0.507. The van der Waals surface area contributed by atoms with Crippen LogP contribution in [0.2, 0.25) is 0 Å². The highest BCUT2D eigenvalue weighted by atomic mass is 32.2. The number of hydrogen-bond acceptors (Lipinski definition) is 5. The van der Waals surface area contributed by atoms with Crippen molar-refractivity contribution in [3.05, 3.63) is 65.0 Å². The van der Waals surface area contributed by atoms with Crippen LogP contribution in [-0.4, -0.2) is 26.0 Å². The van der Waals surface area contributed by atoms with Gasteiger partial charge in [0.25, 0.3) is 0 Å². The van der Waals surface area contributed by atoms with Gasteiger partial charge in [0, 0.05) is 18.7 Å². The number of sulfonamides is 1. The van der Waals surface area contributed by atoms with Crippen molar-refractivity contribution in [3.8, 4) is 11.1 Å². The molecule has 0 spiro atoms. The van der Waals surface area contributed by atoms with E-state index in [9.17, 15) is 13.2 Å². The Morgan fingerprint density at radius 2 is 1.86 bits per heavy atom. The molecule has 29 heavy (non-hydrogen) atoms. The summed E-state index contributed by atoms with van der Waals surface area (Å²) in [6, 6.07) is 14.1. The van der Waals surface area contributed by atoms with Crippen molar-refractivity contribution in [2.24, 2.45) is 0 Å². The predicted molar refractivity (Wildman–Crippen MR) is 109 cm³/mol. The molecular weight excluding hydrogens is 390 g/mol. The van der Waals surface area contributed by atoms with Crippen LogP contribution in [0.3, 0.4) is 0 Å². The Morgan fingerprint density at radius 3 is 2.62 bits per heavy atom. The molecule has 1 aliphatic carbocycles. The lowest BCUT2D eigenvalue weighted by Gasteiger charge is -2.09. The molecule has 1 heterocycles. The standard InChI is InChI=1S/C21H21N3O4S/c1-13-21(14(2)28-24-13)29(26,27)22-10-9-20(25)23-17-8-7-16-11-15-5-3-4-6-18(15)19(16)12-17/h3-8,12,22H,9-11H2,1-2H3,(H,23,25). The Bertz CT molecular complexity index is 1180. The highest BCUT2D eigenvalue weighted by Crippen LogP contribution is 2.37. The third-order valence-electron chi connectivity index (χ3n) is 4.96. The molecule has 150 valence electrons. The van der Waals surface area contributed by atoms with Gasteiger partial charge >= 0.3 is 0 Å². The SMILES string of the molecule is Cc1noc(C)c1S(=O)(=O)NCCC(=O)Nc1ccc2c(c1)-c1ccccc1C2. The van der Waals surface area contributed by atoms with Crippen LogP contribution in [0.4, 0.5) is 5.69 Å². The van der Waals surface area contributed by atoms with Crippen LogP contribution < -0.4 is 10.0 Å². The van der Waals surface area contributed by atoms with E-state index in [2.05, 4.69) is 27.3 Å². The van der Waals surface area contributed by atoms with E-state index in [1.165, 1.54) is 23.6 Å². The molecular formula is C21H21N3O4S. The van der Waals surface area contributed by atoms with E-state index in [0.717, 1.165) is 12.0 Å². The van der Waals surface area contributed by atoms with Gasteiger partial charge in [0.1, 0.15) is 10.6 Å². The molecule has 1 amide bonds. The Labute approximate surface area is 169 Å². The van der Waals surface area contributed by atoms with Crippen molar-refractivity contribution in [3.63, 3.8) is 0 Å². The minimum atomic E-state index is -3.77. The molecule has 1 aromatic heterocycles. The van der Waals surface area contributed by atoms with Crippen LogP contribution in [0.15, 0.2) is 51.9 Å². The molecule has 2 N–H and O–H groups in total. The summed E-state index contributed by atoms with van der Waals surface area (Å²) < 4.78 is 32.1. The Morgan fingerprint density at radius 1 is 1.10 bits per heavy atom. The van der Waals surface area contributed by atoms with Crippen LogP contribution in [0.25, 0.3) is 11.1 Å². The van der Waals surface area contributed by atoms with Crippen LogP contribution in [0.1, 0.15) is 29.0 Å². The first-order chi connectivity index (χ1) is 13.8. The monoisotopic (exact) mass is 411 g/mol. The highest BCUT2D eigenvalue weighted by molar-refractivity contribution is 7.89. The molecule has 1 aliphatic rings. The van der Waals surface area contributed by atoms with Crippen molar-refractivity contribution in [1.82, 2.24) is 9.88 Å². The van der Waals surface area contributed by atoms with Gasteiger partial charge in [-0.25, -0.2) is 13.1 Å². The molecule has 4 rings (SSSR count). The van der Waals surface area contributed by atoms with Gasteiger partial charge < -0.3 is 9.84 Å². The smallest absolute Gasteiger partial charge is 0.245 e. The maximum absolute atomic E-state index is 12.4. The average molecular weight is 411 g/mol. The number of carbonyl (C=O) groups excluding carboxylic acids is 1. The lowest BCUT2D eigenvalue weighted by molar-refractivity contribution is -0.116. The van der Waals surface area contributed by atoms with E-state index in [0.29, 0.717) is 5.69 Å². The number of nitrogens with one attached hydrogen (secondary N) is 2. The number of carbonyl (C=O) groups is 1. The number of hydrogen-bond donors (Lipinski definition) is 2. The summed E-state index contributed by atoms with van der Waals surface area (Å²) in [5.41, 5.74) is 5.80. The van der Waals surface area contributed by atoms with E-state index in [4.69, 9.17) is 4.52 Å². The molecule has 0 saturated carbocycles. The molecule has 0 fully saturated rings. The number of aryl methyl sites for hydroxylation is 2. The fraction of sp³-hybridized carbons (Fsp3) is 0.238. The number of aromatic nitrogens is 1. The number of nitrogens with zero attached hydrogens (tertiary/aromatic N) is 1. The van der Waals surface area contributed by atoms with Crippen molar-refractivity contribution in [1.29, 1.82) is 0 Å². The lowest BCUT2D eigenvalue weighted by Crippen LogP contribution is -2.28. The maximum atomic E-state index is 12.4. The molecule has 3 aromatic rings. The van der Waals surface area contributed by atoms with Crippen molar-refractivity contribution in [2.45, 2.75) is 31.6 Å². The van der Waals surface area contributed by atoms with Gasteiger partial charge in [-0.05, 0) is 54.7 Å².